The molecule has 0 N–H and O–H groups in total. The molecule has 3 atom stereocenters. The van der Waals surface area contributed by atoms with Crippen molar-refractivity contribution in [2.24, 2.45) is 5.92 Å². The van der Waals surface area contributed by atoms with Crippen LogP contribution in [0.4, 0.5) is 14.5 Å². The highest BCUT2D eigenvalue weighted by Crippen LogP contribution is 2.47. The summed E-state index contributed by atoms with van der Waals surface area (Å²) in [7, 11) is -0.543. The smallest absolute Gasteiger partial charge is 0.387 e. The maximum Gasteiger partial charge on any atom is 0.387 e. The van der Waals surface area contributed by atoms with Gasteiger partial charge in [-0.05, 0) is 66.8 Å². The van der Waals surface area contributed by atoms with Crippen LogP contribution in [0.2, 0.25) is 10.0 Å². The van der Waals surface area contributed by atoms with Gasteiger partial charge in [-0.15, -0.1) is 0 Å². The van der Waals surface area contributed by atoms with Crippen LogP contribution in [0, 0.1) is 5.92 Å². The molecule has 52 heavy (non-hydrogen) atoms. The Morgan fingerprint density at radius 3 is 2.37 bits per heavy atom. The van der Waals surface area contributed by atoms with E-state index in [2.05, 4.69) is 9.88 Å². The van der Waals surface area contributed by atoms with Gasteiger partial charge in [-0.2, -0.15) is 8.78 Å². The molecule has 12 nitrogen and oxygen atoms in total. The standard InChI is InChI=1S/C35H40Cl2F2N4O8S/c1-41-10-12-42(13-11-41)32(44)19-43(52(3,45)46)27-14-23(7-8-28(27)47-2)33-34(51-33)49-30(16-24-25(36)17-40-18-26(24)37)22-6-9-29(50-35(38)39)31(15-22)48-20-21-4-5-21/h6-9,14-15,17-18,21,30,33-35H,4-5,10-13,16,19-20H2,1-3H3/t30-,33?,34?/m0/s1. The Balaban J connectivity index is 1.26. The lowest BCUT2D eigenvalue weighted by molar-refractivity contribution is -0.131. The molecular weight excluding hydrogens is 745 g/mol. The summed E-state index contributed by atoms with van der Waals surface area (Å²) >= 11 is 13.0. The summed E-state index contributed by atoms with van der Waals surface area (Å²) in [6.45, 7) is -0.734. The lowest BCUT2D eigenvalue weighted by atomic mass is 10.0. The number of hydrogen-bond donors (Lipinski definition) is 0. The van der Waals surface area contributed by atoms with Crippen LogP contribution in [0.1, 0.15) is 41.7 Å². The molecule has 3 fully saturated rings. The van der Waals surface area contributed by atoms with Crippen molar-refractivity contribution in [3.63, 3.8) is 0 Å². The number of amides is 1. The van der Waals surface area contributed by atoms with Crippen molar-refractivity contribution in [3.05, 3.63) is 75.5 Å². The Kier molecular flexibility index (Phi) is 12.0. The minimum atomic E-state index is -3.93. The van der Waals surface area contributed by atoms with Crippen LogP contribution in [0.25, 0.3) is 0 Å². The molecule has 2 unspecified atom stereocenters. The van der Waals surface area contributed by atoms with Gasteiger partial charge in [-0.1, -0.05) is 35.3 Å². The highest BCUT2D eigenvalue weighted by Gasteiger charge is 2.44. The Morgan fingerprint density at radius 1 is 1.04 bits per heavy atom. The number of aromatic nitrogens is 1. The van der Waals surface area contributed by atoms with E-state index in [0.717, 1.165) is 23.4 Å². The number of ether oxygens (including phenoxy) is 5. The van der Waals surface area contributed by atoms with Gasteiger partial charge in [-0.3, -0.25) is 14.1 Å². The second kappa shape index (κ2) is 16.3. The minimum absolute atomic E-state index is 0.106. The largest absolute Gasteiger partial charge is 0.495 e. The zero-order chi connectivity index (χ0) is 37.2. The molecule has 0 bridgehead atoms. The van der Waals surface area contributed by atoms with Crippen molar-refractivity contribution in [1.82, 2.24) is 14.8 Å². The van der Waals surface area contributed by atoms with Gasteiger partial charge in [0.1, 0.15) is 18.4 Å². The number of alkyl halides is 2. The molecule has 2 aromatic carbocycles. The van der Waals surface area contributed by atoms with Crippen LogP contribution in [0.3, 0.4) is 0 Å². The monoisotopic (exact) mass is 784 g/mol. The molecule has 0 radical (unpaired) electrons. The number of piperazine rings is 1. The number of benzene rings is 2. The zero-order valence-electron chi connectivity index (χ0n) is 28.8. The van der Waals surface area contributed by atoms with E-state index in [1.54, 1.807) is 35.2 Å². The fourth-order valence-corrected chi connectivity index (χ4v) is 7.29. The molecule has 6 rings (SSSR count). The third-order valence-corrected chi connectivity index (χ3v) is 10.9. The van der Waals surface area contributed by atoms with Gasteiger partial charge in [0.05, 0.1) is 41.8 Å². The van der Waals surface area contributed by atoms with Gasteiger partial charge in [0, 0.05) is 45.0 Å². The zero-order valence-corrected chi connectivity index (χ0v) is 31.2. The van der Waals surface area contributed by atoms with Crippen molar-refractivity contribution in [1.29, 1.82) is 0 Å². The Bertz CT molecular complexity index is 1840. The number of rotatable bonds is 16. The fourth-order valence-electron chi connectivity index (χ4n) is 5.93. The first-order valence-corrected chi connectivity index (χ1v) is 19.3. The predicted octanol–water partition coefficient (Wildman–Crippen LogP) is 5.73. The van der Waals surface area contributed by atoms with E-state index in [1.807, 2.05) is 7.05 Å². The molecule has 1 aromatic heterocycles. The first-order chi connectivity index (χ1) is 24.8. The third kappa shape index (κ3) is 9.54. The number of hydrogen-bond acceptors (Lipinski definition) is 10. The second-order valence-electron chi connectivity index (χ2n) is 13.1. The topological polar surface area (TPSA) is 123 Å². The van der Waals surface area contributed by atoms with E-state index in [9.17, 15) is 22.0 Å². The highest BCUT2D eigenvalue weighted by atomic mass is 35.5. The van der Waals surface area contributed by atoms with Gasteiger partial charge < -0.3 is 33.5 Å². The summed E-state index contributed by atoms with van der Waals surface area (Å²) in [6.07, 6.45) is 3.91. The first kappa shape index (κ1) is 38.3. The van der Waals surface area contributed by atoms with Gasteiger partial charge >= 0.3 is 6.61 Å². The van der Waals surface area contributed by atoms with Crippen LogP contribution in [0.5, 0.6) is 17.2 Å². The maximum absolute atomic E-state index is 13.3. The number of halogens is 4. The van der Waals surface area contributed by atoms with Crippen molar-refractivity contribution < 1.29 is 45.7 Å². The molecule has 1 amide bonds. The first-order valence-electron chi connectivity index (χ1n) is 16.7. The molecule has 1 saturated carbocycles. The third-order valence-electron chi connectivity index (χ3n) is 9.15. The lowest BCUT2D eigenvalue weighted by Gasteiger charge is -2.34. The molecule has 1 aliphatic carbocycles. The molecule has 3 aromatic rings. The van der Waals surface area contributed by atoms with E-state index in [4.69, 9.17) is 46.9 Å². The molecule has 17 heteroatoms. The number of carbonyl (C=O) groups excluding carboxylic acids is 1. The van der Waals surface area contributed by atoms with Gasteiger partial charge in [0.25, 0.3) is 0 Å². The van der Waals surface area contributed by atoms with Crippen molar-refractivity contribution in [2.75, 3.05) is 64.0 Å². The summed E-state index contributed by atoms with van der Waals surface area (Å²) in [5.41, 5.74) is 1.87. The van der Waals surface area contributed by atoms with Crippen LogP contribution in [-0.2, 0) is 30.7 Å². The minimum Gasteiger partial charge on any atom is -0.495 e. The lowest BCUT2D eigenvalue weighted by Crippen LogP contribution is -2.50. The predicted molar refractivity (Wildman–Crippen MR) is 190 cm³/mol. The Hall–Kier alpha value is -3.47. The number of likely N-dealkylation sites (N-methyl/N-ethyl adjacent to an activating group) is 1. The molecule has 2 saturated heterocycles. The van der Waals surface area contributed by atoms with Gasteiger partial charge in [0.15, 0.2) is 17.8 Å². The maximum atomic E-state index is 13.3. The molecular formula is C35H40Cl2F2N4O8S. The van der Waals surface area contributed by atoms with E-state index >= 15 is 0 Å². The van der Waals surface area contributed by atoms with E-state index in [-0.39, 0.29) is 35.3 Å². The normalized spacial score (nSPS) is 19.7. The summed E-state index contributed by atoms with van der Waals surface area (Å²) in [6, 6.07) is 9.54. The van der Waals surface area contributed by atoms with Crippen LogP contribution >= 0.6 is 23.2 Å². The Morgan fingerprint density at radius 2 is 1.73 bits per heavy atom. The second-order valence-corrected chi connectivity index (χ2v) is 15.8. The molecule has 2 aliphatic heterocycles. The Labute approximate surface area is 311 Å². The molecule has 0 spiro atoms. The van der Waals surface area contributed by atoms with E-state index in [1.165, 1.54) is 25.6 Å². The average molecular weight is 786 g/mol. The van der Waals surface area contributed by atoms with Crippen molar-refractivity contribution in [2.45, 2.75) is 44.4 Å². The number of sulfonamides is 1. The van der Waals surface area contributed by atoms with E-state index in [0.29, 0.717) is 65.4 Å². The number of pyridine rings is 1. The van der Waals surface area contributed by atoms with Crippen LogP contribution in [-0.4, -0.2) is 102 Å². The van der Waals surface area contributed by atoms with Crippen LogP contribution < -0.4 is 18.5 Å². The van der Waals surface area contributed by atoms with Gasteiger partial charge in [0.2, 0.25) is 15.9 Å². The van der Waals surface area contributed by atoms with Gasteiger partial charge in [-0.25, -0.2) is 8.42 Å². The number of carbonyl (C=O) groups is 1. The van der Waals surface area contributed by atoms with Crippen molar-refractivity contribution >= 4 is 44.8 Å². The van der Waals surface area contributed by atoms with E-state index < -0.39 is 41.7 Å². The molecule has 3 heterocycles. The van der Waals surface area contributed by atoms with Crippen LogP contribution in [0.15, 0.2) is 48.8 Å². The quantitative estimate of drug-likeness (QED) is 0.167. The van der Waals surface area contributed by atoms with Crippen molar-refractivity contribution in [3.8, 4) is 17.2 Å². The molecule has 282 valence electrons. The summed E-state index contributed by atoms with van der Waals surface area (Å²) in [5.74, 6) is 0.319. The summed E-state index contributed by atoms with van der Waals surface area (Å²) in [4.78, 5) is 21.1. The number of methoxy groups -OCH3 is 1. The summed E-state index contributed by atoms with van der Waals surface area (Å²) in [5, 5.41) is 0.619. The molecule has 3 aliphatic rings. The highest BCUT2D eigenvalue weighted by molar-refractivity contribution is 7.92. The number of nitrogens with zero attached hydrogens (tertiary/aromatic N) is 4. The number of anilines is 1. The SMILES string of the molecule is COc1ccc(C2OC2O[C@@H](Cc2c(Cl)cncc2Cl)c2ccc(OC(F)F)c(OCC3CC3)c2)cc1N(CC(=O)N1CCN(C)CC1)S(C)(=O)=O. The summed E-state index contributed by atoms with van der Waals surface area (Å²) < 4.78 is 82.4. The average Bonchev–Trinajstić information content (AvgIpc) is 4.04. The number of epoxide rings is 1. The fraction of sp³-hybridized carbons (Fsp3) is 0.486.